The Hall–Kier alpha value is -1.53. The lowest BCUT2D eigenvalue weighted by Gasteiger charge is -2.32. The zero-order chi connectivity index (χ0) is 11.5. The van der Waals surface area contributed by atoms with Crippen LogP contribution in [-0.4, -0.2) is 19.1 Å². The second-order valence-electron chi connectivity index (χ2n) is 4.46. The SMILES string of the molecule is Cc1ccc(N2CCC(N)CC2)c(C#N)c1. The highest BCUT2D eigenvalue weighted by Gasteiger charge is 2.18. The van der Waals surface area contributed by atoms with Crippen LogP contribution in [0.3, 0.4) is 0 Å². The van der Waals surface area contributed by atoms with Gasteiger partial charge in [0.25, 0.3) is 0 Å². The summed E-state index contributed by atoms with van der Waals surface area (Å²) in [6.07, 6.45) is 2.03. The number of anilines is 1. The summed E-state index contributed by atoms with van der Waals surface area (Å²) in [7, 11) is 0. The second kappa shape index (κ2) is 4.54. The lowest BCUT2D eigenvalue weighted by molar-refractivity contribution is 0.501. The Labute approximate surface area is 96.5 Å². The normalized spacial score (nSPS) is 17.2. The van der Waals surface area contributed by atoms with Gasteiger partial charge in [0.15, 0.2) is 0 Å². The van der Waals surface area contributed by atoms with Crippen molar-refractivity contribution in [3.63, 3.8) is 0 Å². The molecule has 1 fully saturated rings. The summed E-state index contributed by atoms with van der Waals surface area (Å²) in [6.45, 7) is 3.93. The molecule has 2 rings (SSSR count). The maximum Gasteiger partial charge on any atom is 0.101 e. The van der Waals surface area contributed by atoms with E-state index in [1.165, 1.54) is 0 Å². The quantitative estimate of drug-likeness (QED) is 0.777. The van der Waals surface area contributed by atoms with Crippen molar-refractivity contribution in [2.45, 2.75) is 25.8 Å². The van der Waals surface area contributed by atoms with Gasteiger partial charge >= 0.3 is 0 Å². The molecule has 1 aliphatic rings. The Morgan fingerprint density at radius 2 is 2.06 bits per heavy atom. The van der Waals surface area contributed by atoms with Crippen LogP contribution in [0.15, 0.2) is 18.2 Å². The summed E-state index contributed by atoms with van der Waals surface area (Å²) in [5.41, 5.74) is 8.84. The molecule has 0 bridgehead atoms. The van der Waals surface area contributed by atoms with Gasteiger partial charge in [0.2, 0.25) is 0 Å². The third-order valence-corrected chi connectivity index (χ3v) is 3.15. The molecule has 1 aliphatic heterocycles. The number of aryl methyl sites for hydroxylation is 1. The van der Waals surface area contributed by atoms with E-state index in [0.29, 0.717) is 6.04 Å². The maximum atomic E-state index is 9.12. The van der Waals surface area contributed by atoms with Gasteiger partial charge in [-0.3, -0.25) is 0 Å². The zero-order valence-electron chi connectivity index (χ0n) is 9.61. The molecule has 2 N–H and O–H groups in total. The number of nitrogens with zero attached hydrogens (tertiary/aromatic N) is 2. The van der Waals surface area contributed by atoms with E-state index in [0.717, 1.165) is 42.7 Å². The van der Waals surface area contributed by atoms with E-state index in [1.54, 1.807) is 0 Å². The summed E-state index contributed by atoms with van der Waals surface area (Å²) in [4.78, 5) is 2.27. The van der Waals surface area contributed by atoms with E-state index in [-0.39, 0.29) is 0 Å². The minimum atomic E-state index is 0.326. The van der Waals surface area contributed by atoms with Crippen LogP contribution in [0, 0.1) is 18.3 Å². The smallest absolute Gasteiger partial charge is 0.101 e. The summed E-state index contributed by atoms with van der Waals surface area (Å²) in [5, 5.41) is 9.12. The first-order valence-corrected chi connectivity index (χ1v) is 5.72. The van der Waals surface area contributed by atoms with Crippen LogP contribution in [0.2, 0.25) is 0 Å². The van der Waals surface area contributed by atoms with Gasteiger partial charge in [0, 0.05) is 19.1 Å². The molecule has 1 saturated heterocycles. The molecular weight excluding hydrogens is 198 g/mol. The molecule has 0 saturated carbocycles. The Morgan fingerprint density at radius 1 is 1.38 bits per heavy atom. The molecule has 0 unspecified atom stereocenters. The van der Waals surface area contributed by atoms with E-state index in [1.807, 2.05) is 19.1 Å². The average molecular weight is 215 g/mol. The number of hydrogen-bond donors (Lipinski definition) is 1. The van der Waals surface area contributed by atoms with Gasteiger partial charge < -0.3 is 10.6 Å². The summed E-state index contributed by atoms with van der Waals surface area (Å²) < 4.78 is 0. The van der Waals surface area contributed by atoms with Gasteiger partial charge in [-0.15, -0.1) is 0 Å². The molecule has 1 heterocycles. The van der Waals surface area contributed by atoms with Crippen molar-refractivity contribution in [3.8, 4) is 6.07 Å². The van der Waals surface area contributed by atoms with Crippen molar-refractivity contribution in [1.29, 1.82) is 5.26 Å². The van der Waals surface area contributed by atoms with E-state index in [9.17, 15) is 0 Å². The van der Waals surface area contributed by atoms with Crippen LogP contribution >= 0.6 is 0 Å². The molecule has 1 aromatic rings. The van der Waals surface area contributed by atoms with Crippen molar-refractivity contribution in [2.24, 2.45) is 5.73 Å². The molecule has 0 amide bonds. The highest BCUT2D eigenvalue weighted by atomic mass is 15.1. The highest BCUT2D eigenvalue weighted by molar-refractivity contribution is 5.60. The number of piperidine rings is 1. The summed E-state index contributed by atoms with van der Waals surface area (Å²) in [6, 6.07) is 8.65. The van der Waals surface area contributed by atoms with Gasteiger partial charge in [-0.05, 0) is 37.5 Å². The van der Waals surface area contributed by atoms with Crippen molar-refractivity contribution in [2.75, 3.05) is 18.0 Å². The van der Waals surface area contributed by atoms with Gasteiger partial charge in [0.1, 0.15) is 6.07 Å². The fourth-order valence-electron chi connectivity index (χ4n) is 2.16. The lowest BCUT2D eigenvalue weighted by atomic mass is 10.0. The Balaban J connectivity index is 2.24. The van der Waals surface area contributed by atoms with E-state index in [2.05, 4.69) is 17.0 Å². The molecule has 0 radical (unpaired) electrons. The fourth-order valence-corrected chi connectivity index (χ4v) is 2.16. The molecule has 0 spiro atoms. The van der Waals surface area contributed by atoms with Crippen LogP contribution in [0.4, 0.5) is 5.69 Å². The van der Waals surface area contributed by atoms with Crippen LogP contribution in [0.25, 0.3) is 0 Å². The monoisotopic (exact) mass is 215 g/mol. The first kappa shape index (κ1) is 11.0. The Kier molecular flexibility index (Phi) is 3.12. The molecular formula is C13H17N3. The third-order valence-electron chi connectivity index (χ3n) is 3.15. The van der Waals surface area contributed by atoms with Gasteiger partial charge in [-0.25, -0.2) is 0 Å². The number of nitriles is 1. The maximum absolute atomic E-state index is 9.12. The Morgan fingerprint density at radius 3 is 2.69 bits per heavy atom. The first-order valence-electron chi connectivity index (χ1n) is 5.72. The van der Waals surface area contributed by atoms with Crippen LogP contribution in [0.5, 0.6) is 0 Å². The molecule has 0 aliphatic carbocycles. The lowest BCUT2D eigenvalue weighted by Crippen LogP contribution is -2.40. The standard InChI is InChI=1S/C13H17N3/c1-10-2-3-13(11(8-10)9-14)16-6-4-12(15)5-7-16/h2-3,8,12H,4-7,15H2,1H3. The molecule has 3 heteroatoms. The van der Waals surface area contributed by atoms with Crippen LogP contribution in [-0.2, 0) is 0 Å². The third kappa shape index (κ3) is 2.17. The first-order chi connectivity index (χ1) is 7.70. The van der Waals surface area contributed by atoms with E-state index < -0.39 is 0 Å². The predicted molar refractivity (Wildman–Crippen MR) is 65.3 cm³/mol. The van der Waals surface area contributed by atoms with Gasteiger partial charge in [-0.1, -0.05) is 6.07 Å². The van der Waals surface area contributed by atoms with E-state index >= 15 is 0 Å². The molecule has 3 nitrogen and oxygen atoms in total. The number of nitrogens with two attached hydrogens (primary N) is 1. The van der Waals surface area contributed by atoms with Crippen molar-refractivity contribution in [1.82, 2.24) is 0 Å². The Bertz CT molecular complexity index is 412. The largest absolute Gasteiger partial charge is 0.370 e. The number of rotatable bonds is 1. The van der Waals surface area contributed by atoms with Crippen LogP contribution < -0.4 is 10.6 Å². The minimum absolute atomic E-state index is 0.326. The molecule has 1 aromatic carbocycles. The van der Waals surface area contributed by atoms with Crippen molar-refractivity contribution in [3.05, 3.63) is 29.3 Å². The highest BCUT2D eigenvalue weighted by Crippen LogP contribution is 2.24. The predicted octanol–water partition coefficient (Wildman–Crippen LogP) is 1.79. The second-order valence-corrected chi connectivity index (χ2v) is 4.46. The zero-order valence-corrected chi connectivity index (χ0v) is 9.61. The molecule has 84 valence electrons. The minimum Gasteiger partial charge on any atom is -0.370 e. The topological polar surface area (TPSA) is 53.0 Å². The number of hydrogen-bond acceptors (Lipinski definition) is 3. The molecule has 0 atom stereocenters. The fraction of sp³-hybridized carbons (Fsp3) is 0.462. The number of benzene rings is 1. The van der Waals surface area contributed by atoms with Crippen molar-refractivity contribution < 1.29 is 0 Å². The average Bonchev–Trinajstić information content (AvgIpc) is 2.30. The molecule has 0 aromatic heterocycles. The van der Waals surface area contributed by atoms with E-state index in [4.69, 9.17) is 11.0 Å². The summed E-state index contributed by atoms with van der Waals surface area (Å²) in [5.74, 6) is 0. The van der Waals surface area contributed by atoms with Crippen molar-refractivity contribution >= 4 is 5.69 Å². The molecule has 16 heavy (non-hydrogen) atoms. The van der Waals surface area contributed by atoms with Gasteiger partial charge in [0.05, 0.1) is 11.3 Å². The van der Waals surface area contributed by atoms with Gasteiger partial charge in [-0.2, -0.15) is 5.26 Å². The van der Waals surface area contributed by atoms with Crippen LogP contribution in [0.1, 0.15) is 24.0 Å². The summed E-state index contributed by atoms with van der Waals surface area (Å²) >= 11 is 0.